The maximum absolute atomic E-state index is 11.6. The Hall–Kier alpha value is -0.130. The van der Waals surface area contributed by atoms with Crippen molar-refractivity contribution in [1.29, 1.82) is 0 Å². The second-order valence-electron chi connectivity index (χ2n) is 6.13. The zero-order valence-electron chi connectivity index (χ0n) is 11.3. The Morgan fingerprint density at radius 1 is 1.22 bits per heavy atom. The highest BCUT2D eigenvalue weighted by atomic mass is 79.9. The maximum atomic E-state index is 11.6. The molecule has 2 rings (SSSR count). The monoisotopic (exact) mass is 321 g/mol. The standard InChI is InChI=1S/C13H24NO3.BrH/c1-13(2,16)12(15)17-11-6-9-14(10-11)7-4-3-5-8-14;/h11,16H,3-10H2,1-2H3;1H/q+1;/p-1. The number of carbonyl (C=O) groups is 1. The zero-order chi connectivity index (χ0) is 12.5. The summed E-state index contributed by atoms with van der Waals surface area (Å²) in [5.74, 6) is -0.487. The molecule has 0 aliphatic carbocycles. The molecule has 0 bridgehead atoms. The summed E-state index contributed by atoms with van der Waals surface area (Å²) in [7, 11) is 0. The van der Waals surface area contributed by atoms with Crippen molar-refractivity contribution in [2.45, 2.75) is 51.2 Å². The fourth-order valence-corrected chi connectivity index (χ4v) is 3.01. The van der Waals surface area contributed by atoms with Crippen LogP contribution in [0.4, 0.5) is 0 Å². The van der Waals surface area contributed by atoms with Gasteiger partial charge in [-0.2, -0.15) is 0 Å². The van der Waals surface area contributed by atoms with Crippen LogP contribution in [0.2, 0.25) is 0 Å². The molecule has 0 aromatic heterocycles. The quantitative estimate of drug-likeness (QED) is 0.476. The van der Waals surface area contributed by atoms with E-state index >= 15 is 0 Å². The first-order valence-corrected chi connectivity index (χ1v) is 6.70. The van der Waals surface area contributed by atoms with Crippen LogP contribution in [-0.4, -0.2) is 53.4 Å². The van der Waals surface area contributed by atoms with E-state index in [4.69, 9.17) is 4.74 Å². The number of aliphatic hydroxyl groups is 1. The van der Waals surface area contributed by atoms with E-state index < -0.39 is 11.6 Å². The van der Waals surface area contributed by atoms with E-state index in [0.717, 1.165) is 24.0 Å². The average molecular weight is 322 g/mol. The van der Waals surface area contributed by atoms with E-state index in [0.29, 0.717) is 0 Å². The summed E-state index contributed by atoms with van der Waals surface area (Å²) in [6.07, 6.45) is 4.89. The molecule has 1 atom stereocenters. The lowest BCUT2D eigenvalue weighted by atomic mass is 10.1. The minimum absolute atomic E-state index is 0. The van der Waals surface area contributed by atoms with Crippen LogP contribution in [0.25, 0.3) is 0 Å². The third kappa shape index (κ3) is 3.68. The molecular weight excluding hydrogens is 298 g/mol. The number of halogens is 1. The summed E-state index contributed by atoms with van der Waals surface area (Å²) < 4.78 is 6.53. The van der Waals surface area contributed by atoms with Gasteiger partial charge in [-0.15, -0.1) is 0 Å². The summed E-state index contributed by atoms with van der Waals surface area (Å²) in [6, 6.07) is 0. The molecule has 2 saturated heterocycles. The van der Waals surface area contributed by atoms with Crippen molar-refractivity contribution in [3.8, 4) is 0 Å². The van der Waals surface area contributed by atoms with Gasteiger partial charge in [0, 0.05) is 6.42 Å². The van der Waals surface area contributed by atoms with Gasteiger partial charge in [-0.05, 0) is 33.1 Å². The molecule has 1 unspecified atom stereocenters. The van der Waals surface area contributed by atoms with Crippen molar-refractivity contribution in [2.24, 2.45) is 0 Å². The predicted molar refractivity (Wildman–Crippen MR) is 64.4 cm³/mol. The summed E-state index contributed by atoms with van der Waals surface area (Å²) in [5.41, 5.74) is -1.37. The number of hydrogen-bond acceptors (Lipinski definition) is 3. The van der Waals surface area contributed by atoms with Crippen LogP contribution in [0.15, 0.2) is 0 Å². The smallest absolute Gasteiger partial charge is 0.338 e. The summed E-state index contributed by atoms with van der Waals surface area (Å²) >= 11 is 0. The molecule has 5 heteroatoms. The molecule has 2 heterocycles. The van der Waals surface area contributed by atoms with Gasteiger partial charge in [-0.1, -0.05) is 0 Å². The Morgan fingerprint density at radius 3 is 2.39 bits per heavy atom. The van der Waals surface area contributed by atoms with Crippen molar-refractivity contribution in [1.82, 2.24) is 0 Å². The number of piperidine rings is 1. The molecule has 4 nitrogen and oxygen atoms in total. The average Bonchev–Trinajstić information content (AvgIpc) is 2.61. The van der Waals surface area contributed by atoms with Crippen LogP contribution < -0.4 is 17.0 Å². The number of esters is 1. The molecule has 106 valence electrons. The number of hydrogen-bond donors (Lipinski definition) is 1. The largest absolute Gasteiger partial charge is 1.00 e. The van der Waals surface area contributed by atoms with Crippen molar-refractivity contribution >= 4 is 5.97 Å². The molecule has 0 saturated carbocycles. The van der Waals surface area contributed by atoms with Crippen molar-refractivity contribution in [3.63, 3.8) is 0 Å². The zero-order valence-corrected chi connectivity index (χ0v) is 12.9. The van der Waals surface area contributed by atoms with Crippen LogP contribution >= 0.6 is 0 Å². The van der Waals surface area contributed by atoms with E-state index in [2.05, 4.69) is 0 Å². The van der Waals surface area contributed by atoms with Crippen LogP contribution in [0, 0.1) is 0 Å². The second kappa shape index (κ2) is 5.88. The second-order valence-corrected chi connectivity index (χ2v) is 6.13. The van der Waals surface area contributed by atoms with Crippen molar-refractivity contribution in [2.75, 3.05) is 26.2 Å². The summed E-state index contributed by atoms with van der Waals surface area (Å²) in [5, 5.41) is 9.57. The van der Waals surface area contributed by atoms with Crippen LogP contribution in [0.1, 0.15) is 39.5 Å². The minimum atomic E-state index is -1.37. The normalized spacial score (nSPS) is 26.7. The Bertz CT molecular complexity index is 295. The lowest BCUT2D eigenvalue weighted by Crippen LogP contribution is -3.00. The molecule has 0 aromatic rings. The first-order valence-electron chi connectivity index (χ1n) is 6.70. The van der Waals surface area contributed by atoms with Crippen LogP contribution in [0.3, 0.4) is 0 Å². The molecule has 1 N–H and O–H groups in total. The van der Waals surface area contributed by atoms with E-state index in [1.54, 1.807) is 0 Å². The first kappa shape index (κ1) is 15.9. The molecule has 0 radical (unpaired) electrons. The summed E-state index contributed by atoms with van der Waals surface area (Å²) in [6.45, 7) is 7.50. The Kier molecular flexibility index (Phi) is 5.21. The number of quaternary nitrogens is 1. The fourth-order valence-electron chi connectivity index (χ4n) is 3.01. The van der Waals surface area contributed by atoms with Crippen molar-refractivity contribution in [3.05, 3.63) is 0 Å². The molecule has 2 aliphatic rings. The van der Waals surface area contributed by atoms with Gasteiger partial charge in [0.15, 0.2) is 11.7 Å². The fraction of sp³-hybridized carbons (Fsp3) is 0.923. The molecular formula is C13H24BrNO3. The first-order chi connectivity index (χ1) is 7.91. The third-order valence-corrected chi connectivity index (χ3v) is 4.05. The molecule has 0 aromatic carbocycles. The van der Waals surface area contributed by atoms with Gasteiger partial charge in [0.2, 0.25) is 0 Å². The van der Waals surface area contributed by atoms with E-state index in [1.807, 2.05) is 0 Å². The minimum Gasteiger partial charge on any atom is -1.00 e. The van der Waals surface area contributed by atoms with E-state index in [1.165, 1.54) is 46.2 Å². The van der Waals surface area contributed by atoms with Crippen molar-refractivity contribution < 1.29 is 36.1 Å². The van der Waals surface area contributed by atoms with Gasteiger partial charge in [0.25, 0.3) is 0 Å². The number of carbonyl (C=O) groups excluding carboxylic acids is 1. The molecule has 0 amide bonds. The molecule has 2 aliphatic heterocycles. The van der Waals surface area contributed by atoms with E-state index in [9.17, 15) is 9.90 Å². The van der Waals surface area contributed by atoms with Gasteiger partial charge in [0.05, 0.1) is 19.6 Å². The Balaban J connectivity index is 0.00000162. The van der Waals surface area contributed by atoms with Crippen LogP contribution in [-0.2, 0) is 9.53 Å². The highest BCUT2D eigenvalue weighted by Gasteiger charge is 2.42. The lowest BCUT2D eigenvalue weighted by Gasteiger charge is -2.37. The topological polar surface area (TPSA) is 46.5 Å². The Morgan fingerprint density at radius 2 is 1.83 bits per heavy atom. The lowest BCUT2D eigenvalue weighted by molar-refractivity contribution is -0.922. The predicted octanol–water partition coefficient (Wildman–Crippen LogP) is -1.92. The summed E-state index contributed by atoms with van der Waals surface area (Å²) in [4.78, 5) is 11.6. The highest BCUT2D eigenvalue weighted by molar-refractivity contribution is 5.78. The molecule has 1 spiro atoms. The van der Waals surface area contributed by atoms with Gasteiger partial charge in [0.1, 0.15) is 6.54 Å². The highest BCUT2D eigenvalue weighted by Crippen LogP contribution is 2.28. The van der Waals surface area contributed by atoms with Gasteiger partial charge >= 0.3 is 5.97 Å². The number of rotatable bonds is 2. The Labute approximate surface area is 120 Å². The molecule has 18 heavy (non-hydrogen) atoms. The van der Waals surface area contributed by atoms with Gasteiger partial charge in [-0.25, -0.2) is 4.79 Å². The number of nitrogens with zero attached hydrogens (tertiary/aromatic N) is 1. The van der Waals surface area contributed by atoms with Crippen LogP contribution in [0.5, 0.6) is 0 Å². The van der Waals surface area contributed by atoms with E-state index in [-0.39, 0.29) is 23.1 Å². The third-order valence-electron chi connectivity index (χ3n) is 4.05. The SMILES string of the molecule is CC(C)(O)C(=O)OC1CC[N+]2(CCCCC2)C1.[Br-]. The maximum Gasteiger partial charge on any atom is 0.338 e. The van der Waals surface area contributed by atoms with Gasteiger partial charge < -0.3 is 31.3 Å². The number of ether oxygens (including phenoxy) is 1. The van der Waals surface area contributed by atoms with Gasteiger partial charge in [-0.3, -0.25) is 0 Å². The molecule has 2 fully saturated rings.